The Balaban J connectivity index is 1.94. The maximum Gasteiger partial charge on any atom is 0.263 e. The lowest BCUT2D eigenvalue weighted by Gasteiger charge is -2.23. The highest BCUT2D eigenvalue weighted by Gasteiger charge is 2.38. The minimum atomic E-state index is -0.329. The fraction of sp³-hybridized carbons (Fsp3) is 0.188. The predicted octanol–water partition coefficient (Wildman–Crippen LogP) is 1.90. The molecule has 5 heteroatoms. The lowest BCUT2D eigenvalue weighted by molar-refractivity contribution is 0.0595. The molecule has 0 saturated heterocycles. The SMILES string of the molecule is CC(c1ccc(CN)cc1)N1C(=O)c2ccncc2C1=O. The number of fused-ring (bicyclic) bond motifs is 1. The first-order valence-electron chi connectivity index (χ1n) is 6.74. The normalized spacial score (nSPS) is 15.2. The number of hydrogen-bond acceptors (Lipinski definition) is 4. The smallest absolute Gasteiger partial charge is 0.263 e. The molecule has 0 saturated carbocycles. The summed E-state index contributed by atoms with van der Waals surface area (Å²) in [4.78, 5) is 30.0. The molecule has 1 aromatic carbocycles. The molecule has 2 aromatic rings. The van der Waals surface area contributed by atoms with Crippen LogP contribution in [0, 0.1) is 0 Å². The van der Waals surface area contributed by atoms with Crippen LogP contribution in [-0.4, -0.2) is 21.7 Å². The summed E-state index contributed by atoms with van der Waals surface area (Å²) in [5, 5.41) is 0. The Morgan fingerprint density at radius 3 is 2.38 bits per heavy atom. The highest BCUT2D eigenvalue weighted by atomic mass is 16.2. The van der Waals surface area contributed by atoms with Crippen molar-refractivity contribution in [2.24, 2.45) is 5.73 Å². The van der Waals surface area contributed by atoms with Crippen molar-refractivity contribution in [2.75, 3.05) is 0 Å². The first kappa shape index (κ1) is 13.5. The van der Waals surface area contributed by atoms with Crippen LogP contribution in [0.15, 0.2) is 42.7 Å². The van der Waals surface area contributed by atoms with E-state index in [0.29, 0.717) is 17.7 Å². The molecule has 21 heavy (non-hydrogen) atoms. The maximum absolute atomic E-state index is 12.4. The van der Waals surface area contributed by atoms with E-state index in [9.17, 15) is 9.59 Å². The zero-order chi connectivity index (χ0) is 15.0. The molecule has 2 amide bonds. The molecule has 0 fully saturated rings. The number of amides is 2. The maximum atomic E-state index is 12.4. The second-order valence-electron chi connectivity index (χ2n) is 5.02. The number of carbonyl (C=O) groups is 2. The van der Waals surface area contributed by atoms with Crippen molar-refractivity contribution >= 4 is 11.8 Å². The Hall–Kier alpha value is -2.53. The van der Waals surface area contributed by atoms with Crippen LogP contribution in [0.3, 0.4) is 0 Å². The van der Waals surface area contributed by atoms with Gasteiger partial charge in [-0.05, 0) is 24.1 Å². The van der Waals surface area contributed by atoms with Crippen molar-refractivity contribution < 1.29 is 9.59 Å². The molecule has 0 spiro atoms. The minimum absolute atomic E-state index is 0.271. The van der Waals surface area contributed by atoms with Gasteiger partial charge in [-0.1, -0.05) is 24.3 Å². The molecular weight excluding hydrogens is 266 g/mol. The molecule has 1 atom stereocenters. The number of pyridine rings is 1. The van der Waals surface area contributed by atoms with Crippen LogP contribution in [-0.2, 0) is 6.54 Å². The first-order valence-corrected chi connectivity index (χ1v) is 6.74. The summed E-state index contributed by atoms with van der Waals surface area (Å²) < 4.78 is 0. The summed E-state index contributed by atoms with van der Waals surface area (Å²) in [6.07, 6.45) is 2.97. The van der Waals surface area contributed by atoms with E-state index in [2.05, 4.69) is 4.98 Å². The van der Waals surface area contributed by atoms with Crippen molar-refractivity contribution in [2.45, 2.75) is 19.5 Å². The van der Waals surface area contributed by atoms with Crippen molar-refractivity contribution in [3.63, 3.8) is 0 Å². The highest BCUT2D eigenvalue weighted by molar-refractivity contribution is 6.21. The summed E-state index contributed by atoms with van der Waals surface area (Å²) in [5.41, 5.74) is 8.27. The summed E-state index contributed by atoms with van der Waals surface area (Å²) in [6, 6.07) is 8.87. The van der Waals surface area contributed by atoms with Crippen molar-refractivity contribution in [1.29, 1.82) is 0 Å². The molecule has 0 radical (unpaired) electrons. The van der Waals surface area contributed by atoms with Gasteiger partial charge in [0, 0.05) is 18.9 Å². The number of rotatable bonds is 3. The van der Waals surface area contributed by atoms with Gasteiger partial charge in [-0.25, -0.2) is 0 Å². The van der Waals surface area contributed by atoms with E-state index in [4.69, 9.17) is 5.73 Å². The molecular formula is C16H15N3O2. The van der Waals surface area contributed by atoms with Crippen LogP contribution < -0.4 is 5.73 Å². The van der Waals surface area contributed by atoms with Crippen LogP contribution in [0.4, 0.5) is 0 Å². The number of carbonyl (C=O) groups excluding carboxylic acids is 2. The zero-order valence-electron chi connectivity index (χ0n) is 11.6. The average Bonchev–Trinajstić information content (AvgIpc) is 2.79. The lowest BCUT2D eigenvalue weighted by atomic mass is 10.0. The molecule has 2 heterocycles. The Morgan fingerprint density at radius 1 is 1.10 bits per heavy atom. The molecule has 2 N–H and O–H groups in total. The number of nitrogens with zero attached hydrogens (tertiary/aromatic N) is 2. The van der Waals surface area contributed by atoms with E-state index in [1.54, 1.807) is 6.07 Å². The average molecular weight is 281 g/mol. The second-order valence-corrected chi connectivity index (χ2v) is 5.02. The molecule has 1 aliphatic heterocycles. The first-order chi connectivity index (χ1) is 10.1. The van der Waals surface area contributed by atoms with Gasteiger partial charge in [0.05, 0.1) is 17.2 Å². The predicted molar refractivity (Wildman–Crippen MR) is 77.5 cm³/mol. The number of aromatic nitrogens is 1. The van der Waals surface area contributed by atoms with E-state index < -0.39 is 0 Å². The lowest BCUT2D eigenvalue weighted by Crippen LogP contribution is -2.32. The molecule has 1 aromatic heterocycles. The third-order valence-corrected chi connectivity index (χ3v) is 3.80. The van der Waals surface area contributed by atoms with Crippen molar-refractivity contribution in [1.82, 2.24) is 9.88 Å². The van der Waals surface area contributed by atoms with Gasteiger partial charge in [-0.15, -0.1) is 0 Å². The van der Waals surface area contributed by atoms with Gasteiger partial charge in [0.15, 0.2) is 0 Å². The van der Waals surface area contributed by atoms with Gasteiger partial charge in [-0.2, -0.15) is 0 Å². The number of nitrogens with two attached hydrogens (primary N) is 1. The standard InChI is InChI=1S/C16H15N3O2/c1-10(12-4-2-11(8-17)3-5-12)19-15(20)13-6-7-18-9-14(13)16(19)21/h2-7,9-10H,8,17H2,1H3. The minimum Gasteiger partial charge on any atom is -0.326 e. The zero-order valence-corrected chi connectivity index (χ0v) is 11.6. The number of imide groups is 1. The number of hydrogen-bond donors (Lipinski definition) is 1. The Bertz CT molecular complexity index is 675. The van der Waals surface area contributed by atoms with Crippen molar-refractivity contribution in [3.05, 3.63) is 65.0 Å². The van der Waals surface area contributed by atoms with Crippen molar-refractivity contribution in [3.8, 4) is 0 Å². The Kier molecular flexibility index (Phi) is 3.27. The van der Waals surface area contributed by atoms with E-state index in [1.165, 1.54) is 17.3 Å². The Labute approximate surface area is 122 Å². The van der Waals surface area contributed by atoms with Gasteiger partial charge in [0.25, 0.3) is 11.8 Å². The summed E-state index contributed by atoms with van der Waals surface area (Å²) in [6.45, 7) is 2.31. The van der Waals surface area contributed by atoms with Gasteiger partial charge in [0.1, 0.15) is 0 Å². The van der Waals surface area contributed by atoms with Crippen LogP contribution in [0.2, 0.25) is 0 Å². The van der Waals surface area contributed by atoms with Crippen LogP contribution in [0.1, 0.15) is 44.8 Å². The summed E-state index contributed by atoms with van der Waals surface area (Å²) >= 11 is 0. The molecule has 0 aliphatic carbocycles. The Morgan fingerprint density at radius 2 is 1.76 bits per heavy atom. The highest BCUT2D eigenvalue weighted by Crippen LogP contribution is 2.30. The summed E-state index contributed by atoms with van der Waals surface area (Å²) in [5.74, 6) is -0.564. The molecule has 5 nitrogen and oxygen atoms in total. The van der Waals surface area contributed by atoms with Gasteiger partial charge in [-0.3, -0.25) is 19.5 Å². The molecule has 1 unspecified atom stereocenters. The molecule has 106 valence electrons. The van der Waals surface area contributed by atoms with E-state index in [1.807, 2.05) is 31.2 Å². The van der Waals surface area contributed by atoms with E-state index in [0.717, 1.165) is 11.1 Å². The molecule has 0 bridgehead atoms. The third kappa shape index (κ3) is 2.11. The quantitative estimate of drug-likeness (QED) is 0.872. The van der Waals surface area contributed by atoms with Crippen LogP contribution in [0.5, 0.6) is 0 Å². The van der Waals surface area contributed by atoms with E-state index in [-0.39, 0.29) is 17.9 Å². The van der Waals surface area contributed by atoms with Crippen LogP contribution in [0.25, 0.3) is 0 Å². The summed E-state index contributed by atoms with van der Waals surface area (Å²) in [7, 11) is 0. The van der Waals surface area contributed by atoms with Crippen LogP contribution >= 0.6 is 0 Å². The molecule has 1 aliphatic rings. The fourth-order valence-electron chi connectivity index (χ4n) is 2.54. The fourth-order valence-corrected chi connectivity index (χ4v) is 2.54. The largest absolute Gasteiger partial charge is 0.326 e. The van der Waals surface area contributed by atoms with E-state index >= 15 is 0 Å². The number of benzene rings is 1. The molecule has 3 rings (SSSR count). The second kappa shape index (κ2) is 5.10. The monoisotopic (exact) mass is 281 g/mol. The van der Waals surface area contributed by atoms with Gasteiger partial charge >= 0.3 is 0 Å². The van der Waals surface area contributed by atoms with Gasteiger partial charge < -0.3 is 5.73 Å². The third-order valence-electron chi connectivity index (χ3n) is 3.80. The van der Waals surface area contributed by atoms with Gasteiger partial charge in [0.2, 0.25) is 0 Å². The topological polar surface area (TPSA) is 76.3 Å².